The highest BCUT2D eigenvalue weighted by atomic mass is 16.5. The number of ether oxygens (including phenoxy) is 1. The fraction of sp³-hybridized carbons (Fsp3) is 0.562. The van der Waals surface area contributed by atoms with Gasteiger partial charge in [-0.15, -0.1) is 0 Å². The zero-order chi connectivity index (χ0) is 13.7. The molecule has 2 N–H and O–H groups in total. The van der Waals surface area contributed by atoms with Gasteiger partial charge in [0.2, 0.25) is 0 Å². The molecular formula is C16H23NO2. The van der Waals surface area contributed by atoms with E-state index in [1.54, 1.807) is 0 Å². The first-order chi connectivity index (χ1) is 9.16. The average molecular weight is 261 g/mol. The van der Waals surface area contributed by atoms with Crippen molar-refractivity contribution in [3.63, 3.8) is 0 Å². The lowest BCUT2D eigenvalue weighted by atomic mass is 10.0. The third kappa shape index (κ3) is 3.98. The number of rotatable bonds is 3. The molecule has 1 aliphatic rings. The SMILES string of the molecule is CC(C(=O)OC1CCCCCC1)c1cccc(N)c1. The first-order valence-corrected chi connectivity index (χ1v) is 7.23. The quantitative estimate of drug-likeness (QED) is 0.513. The summed E-state index contributed by atoms with van der Waals surface area (Å²) in [6.07, 6.45) is 7.00. The Labute approximate surface area is 115 Å². The molecule has 0 radical (unpaired) electrons. The maximum Gasteiger partial charge on any atom is 0.313 e. The van der Waals surface area contributed by atoms with Gasteiger partial charge in [0.05, 0.1) is 5.92 Å². The second-order valence-electron chi connectivity index (χ2n) is 5.44. The molecule has 0 saturated heterocycles. The molecule has 0 bridgehead atoms. The lowest BCUT2D eigenvalue weighted by Gasteiger charge is -2.19. The van der Waals surface area contributed by atoms with Crippen LogP contribution in [-0.2, 0) is 9.53 Å². The molecule has 0 spiro atoms. The van der Waals surface area contributed by atoms with Crippen LogP contribution in [0, 0.1) is 0 Å². The molecule has 19 heavy (non-hydrogen) atoms. The highest BCUT2D eigenvalue weighted by Gasteiger charge is 2.22. The molecule has 0 amide bonds. The Morgan fingerprint density at radius 3 is 2.58 bits per heavy atom. The van der Waals surface area contributed by atoms with Gasteiger partial charge in [-0.05, 0) is 50.3 Å². The topological polar surface area (TPSA) is 52.3 Å². The largest absolute Gasteiger partial charge is 0.462 e. The number of anilines is 1. The van der Waals surface area contributed by atoms with Crippen LogP contribution in [0.5, 0.6) is 0 Å². The summed E-state index contributed by atoms with van der Waals surface area (Å²) in [5.74, 6) is -0.371. The van der Waals surface area contributed by atoms with Crippen LogP contribution in [-0.4, -0.2) is 12.1 Å². The third-order valence-corrected chi connectivity index (χ3v) is 3.85. The molecule has 3 heteroatoms. The Kier molecular flexibility index (Phi) is 4.83. The number of carbonyl (C=O) groups is 1. The van der Waals surface area contributed by atoms with E-state index in [9.17, 15) is 4.79 Å². The van der Waals surface area contributed by atoms with Crippen molar-refractivity contribution in [2.45, 2.75) is 57.5 Å². The van der Waals surface area contributed by atoms with Crippen LogP contribution in [0.15, 0.2) is 24.3 Å². The molecule has 1 aromatic rings. The predicted molar refractivity (Wildman–Crippen MR) is 76.9 cm³/mol. The summed E-state index contributed by atoms with van der Waals surface area (Å²) in [5.41, 5.74) is 7.37. The standard InChI is InChI=1S/C16H23NO2/c1-12(13-7-6-8-14(17)11-13)16(18)19-15-9-4-2-3-5-10-15/h6-8,11-12,15H,2-5,9-10,17H2,1H3. The first kappa shape index (κ1) is 13.9. The Balaban J connectivity index is 1.95. The molecule has 1 unspecified atom stereocenters. The summed E-state index contributed by atoms with van der Waals surface area (Å²) in [4.78, 5) is 12.2. The Bertz CT molecular complexity index is 423. The molecule has 0 aromatic heterocycles. The van der Waals surface area contributed by atoms with Crippen LogP contribution in [0.25, 0.3) is 0 Å². The van der Waals surface area contributed by atoms with Gasteiger partial charge < -0.3 is 10.5 Å². The lowest BCUT2D eigenvalue weighted by Crippen LogP contribution is -2.21. The maximum absolute atomic E-state index is 12.2. The molecule has 1 aromatic carbocycles. The molecule has 1 atom stereocenters. The van der Waals surface area contributed by atoms with Crippen molar-refractivity contribution in [1.82, 2.24) is 0 Å². The van der Waals surface area contributed by atoms with Gasteiger partial charge in [-0.2, -0.15) is 0 Å². The monoisotopic (exact) mass is 261 g/mol. The van der Waals surface area contributed by atoms with E-state index < -0.39 is 0 Å². The predicted octanol–water partition coefficient (Wildman–Crippen LogP) is 3.64. The summed E-state index contributed by atoms with van der Waals surface area (Å²) in [7, 11) is 0. The molecule has 2 rings (SSSR count). The van der Waals surface area contributed by atoms with Crippen molar-refractivity contribution in [1.29, 1.82) is 0 Å². The smallest absolute Gasteiger partial charge is 0.313 e. The minimum Gasteiger partial charge on any atom is -0.462 e. The van der Waals surface area contributed by atoms with Gasteiger partial charge >= 0.3 is 5.97 Å². The highest BCUT2D eigenvalue weighted by Crippen LogP contribution is 2.24. The first-order valence-electron chi connectivity index (χ1n) is 7.23. The van der Waals surface area contributed by atoms with Gasteiger partial charge in [-0.1, -0.05) is 25.0 Å². The summed E-state index contributed by atoms with van der Waals surface area (Å²) in [6, 6.07) is 7.47. The number of carbonyl (C=O) groups excluding carboxylic acids is 1. The fourth-order valence-corrected chi connectivity index (χ4v) is 2.59. The second kappa shape index (κ2) is 6.60. The number of esters is 1. The van der Waals surface area contributed by atoms with E-state index in [1.165, 1.54) is 25.7 Å². The zero-order valence-electron chi connectivity index (χ0n) is 11.6. The number of hydrogen-bond acceptors (Lipinski definition) is 3. The van der Waals surface area contributed by atoms with Gasteiger partial charge in [-0.25, -0.2) is 0 Å². The van der Waals surface area contributed by atoms with Crippen molar-refractivity contribution < 1.29 is 9.53 Å². The van der Waals surface area contributed by atoms with E-state index >= 15 is 0 Å². The normalized spacial score (nSPS) is 18.6. The number of nitrogens with two attached hydrogens (primary N) is 1. The minimum atomic E-state index is -0.244. The van der Waals surface area contributed by atoms with E-state index in [0.29, 0.717) is 5.69 Å². The van der Waals surface area contributed by atoms with Crippen LogP contribution >= 0.6 is 0 Å². The molecule has 1 fully saturated rings. The molecule has 1 aliphatic carbocycles. The molecule has 104 valence electrons. The lowest BCUT2D eigenvalue weighted by molar-refractivity contribution is -0.151. The molecule has 0 heterocycles. The number of nitrogen functional groups attached to an aromatic ring is 1. The Morgan fingerprint density at radius 1 is 1.26 bits per heavy atom. The van der Waals surface area contributed by atoms with Crippen molar-refractivity contribution in [2.24, 2.45) is 0 Å². The molecule has 3 nitrogen and oxygen atoms in total. The van der Waals surface area contributed by atoms with Gasteiger partial charge in [-0.3, -0.25) is 4.79 Å². The van der Waals surface area contributed by atoms with Crippen LogP contribution in [0.4, 0.5) is 5.69 Å². The molecule has 1 saturated carbocycles. The van der Waals surface area contributed by atoms with Crippen molar-refractivity contribution >= 4 is 11.7 Å². The Hall–Kier alpha value is -1.51. The maximum atomic E-state index is 12.2. The van der Waals surface area contributed by atoms with Crippen LogP contribution in [0.3, 0.4) is 0 Å². The molecular weight excluding hydrogens is 238 g/mol. The molecule has 0 aliphatic heterocycles. The minimum absolute atomic E-state index is 0.110. The van der Waals surface area contributed by atoms with E-state index in [-0.39, 0.29) is 18.0 Å². The van der Waals surface area contributed by atoms with Gasteiger partial charge in [0.25, 0.3) is 0 Å². The van der Waals surface area contributed by atoms with Crippen molar-refractivity contribution in [3.05, 3.63) is 29.8 Å². The van der Waals surface area contributed by atoms with Crippen LogP contribution in [0.1, 0.15) is 56.9 Å². The van der Waals surface area contributed by atoms with Gasteiger partial charge in [0.15, 0.2) is 0 Å². The average Bonchev–Trinajstić information content (AvgIpc) is 2.66. The van der Waals surface area contributed by atoms with Crippen LogP contribution in [0.2, 0.25) is 0 Å². The Morgan fingerprint density at radius 2 is 1.95 bits per heavy atom. The van der Waals surface area contributed by atoms with E-state index in [2.05, 4.69) is 0 Å². The second-order valence-corrected chi connectivity index (χ2v) is 5.44. The number of benzene rings is 1. The van der Waals surface area contributed by atoms with E-state index in [1.807, 2.05) is 31.2 Å². The van der Waals surface area contributed by atoms with Crippen LogP contribution < -0.4 is 5.73 Å². The fourth-order valence-electron chi connectivity index (χ4n) is 2.59. The summed E-state index contributed by atoms with van der Waals surface area (Å²) >= 11 is 0. The summed E-state index contributed by atoms with van der Waals surface area (Å²) < 4.78 is 5.65. The van der Waals surface area contributed by atoms with Gasteiger partial charge in [0.1, 0.15) is 6.10 Å². The highest BCUT2D eigenvalue weighted by molar-refractivity contribution is 5.78. The number of hydrogen-bond donors (Lipinski definition) is 1. The van der Waals surface area contributed by atoms with E-state index in [0.717, 1.165) is 18.4 Å². The third-order valence-electron chi connectivity index (χ3n) is 3.85. The van der Waals surface area contributed by atoms with E-state index in [4.69, 9.17) is 10.5 Å². The van der Waals surface area contributed by atoms with Crippen molar-refractivity contribution in [2.75, 3.05) is 5.73 Å². The van der Waals surface area contributed by atoms with Crippen molar-refractivity contribution in [3.8, 4) is 0 Å². The summed E-state index contributed by atoms with van der Waals surface area (Å²) in [6.45, 7) is 1.88. The summed E-state index contributed by atoms with van der Waals surface area (Å²) in [5, 5.41) is 0. The zero-order valence-corrected chi connectivity index (χ0v) is 11.6. The van der Waals surface area contributed by atoms with Gasteiger partial charge in [0, 0.05) is 5.69 Å².